The van der Waals surface area contributed by atoms with E-state index >= 15 is 0 Å². The zero-order valence-electron chi connectivity index (χ0n) is 6.93. The fraction of sp³-hybridized carbons (Fsp3) is 0.125. The van der Waals surface area contributed by atoms with Crippen molar-refractivity contribution >= 4 is 11.5 Å². The van der Waals surface area contributed by atoms with Crippen LogP contribution in [0.1, 0.15) is 5.01 Å². The van der Waals surface area contributed by atoms with Gasteiger partial charge in [0, 0.05) is 0 Å². The monoisotopic (exact) mass is 193 g/mol. The van der Waals surface area contributed by atoms with E-state index in [9.17, 15) is 0 Å². The highest BCUT2D eigenvalue weighted by Crippen LogP contribution is 2.17. The molecule has 0 saturated heterocycles. The molecule has 0 radical (unpaired) electrons. The van der Waals surface area contributed by atoms with Gasteiger partial charge in [-0.15, -0.1) is 0 Å². The van der Waals surface area contributed by atoms with Gasteiger partial charge >= 0.3 is 0 Å². The molecule has 0 unspecified atom stereocenters. The molecular weight excluding hydrogens is 186 g/mol. The fourth-order valence-corrected chi connectivity index (χ4v) is 1.40. The number of aromatic nitrogens is 3. The lowest BCUT2D eigenvalue weighted by atomic mass is 10.3. The number of aromatic hydroxyl groups is 1. The predicted octanol–water partition coefficient (Wildman–Crippen LogP) is 1.61. The number of rotatable bonds is 1. The number of hydrogen-bond acceptors (Lipinski definition) is 5. The molecule has 2 aromatic rings. The minimum atomic E-state index is 0.149. The van der Waals surface area contributed by atoms with Gasteiger partial charge in [-0.05, 0) is 30.6 Å². The van der Waals surface area contributed by atoms with E-state index in [-0.39, 0.29) is 5.75 Å². The Morgan fingerprint density at radius 3 is 2.77 bits per heavy atom. The van der Waals surface area contributed by atoms with Crippen LogP contribution in [0.3, 0.4) is 0 Å². The second kappa shape index (κ2) is 3.10. The molecule has 0 aromatic carbocycles. The molecule has 0 saturated carbocycles. The Morgan fingerprint density at radius 2 is 2.23 bits per heavy atom. The van der Waals surface area contributed by atoms with Crippen LogP contribution in [0.2, 0.25) is 0 Å². The molecule has 66 valence electrons. The van der Waals surface area contributed by atoms with Gasteiger partial charge in [0.25, 0.3) is 0 Å². The van der Waals surface area contributed by atoms with Crippen LogP contribution in [-0.2, 0) is 0 Å². The van der Waals surface area contributed by atoms with Crippen LogP contribution >= 0.6 is 11.5 Å². The van der Waals surface area contributed by atoms with E-state index in [4.69, 9.17) is 5.11 Å². The van der Waals surface area contributed by atoms with Crippen LogP contribution < -0.4 is 0 Å². The highest BCUT2D eigenvalue weighted by atomic mass is 32.1. The quantitative estimate of drug-likeness (QED) is 0.747. The molecule has 2 rings (SSSR count). The molecule has 0 bridgehead atoms. The Morgan fingerprint density at radius 1 is 1.38 bits per heavy atom. The molecule has 5 heteroatoms. The van der Waals surface area contributed by atoms with Gasteiger partial charge < -0.3 is 5.11 Å². The summed E-state index contributed by atoms with van der Waals surface area (Å²) in [5.41, 5.74) is 0.683. The number of aryl methyl sites for hydroxylation is 1. The first-order valence-electron chi connectivity index (χ1n) is 3.71. The lowest BCUT2D eigenvalue weighted by Gasteiger charge is -1.93. The zero-order valence-corrected chi connectivity index (χ0v) is 7.75. The van der Waals surface area contributed by atoms with E-state index in [1.165, 1.54) is 17.7 Å². The Balaban J connectivity index is 2.41. The summed E-state index contributed by atoms with van der Waals surface area (Å²) in [4.78, 5) is 8.17. The van der Waals surface area contributed by atoms with Gasteiger partial charge in [-0.2, -0.15) is 4.37 Å². The Bertz CT molecular complexity index is 410. The van der Waals surface area contributed by atoms with Gasteiger partial charge in [-0.25, -0.2) is 9.97 Å². The standard InChI is InChI=1S/C8H7N3OS/c1-5-10-8(11-13-5)7-3-2-6(12)4-9-7/h2-4,12H,1H3. The normalized spacial score (nSPS) is 10.2. The van der Waals surface area contributed by atoms with Gasteiger partial charge in [0.2, 0.25) is 0 Å². The molecule has 0 aliphatic carbocycles. The Hall–Kier alpha value is -1.49. The predicted molar refractivity (Wildman–Crippen MR) is 49.5 cm³/mol. The lowest BCUT2D eigenvalue weighted by Crippen LogP contribution is -1.84. The van der Waals surface area contributed by atoms with Crippen LogP contribution in [0.4, 0.5) is 0 Å². The summed E-state index contributed by atoms with van der Waals surface area (Å²) >= 11 is 1.34. The largest absolute Gasteiger partial charge is 0.506 e. The summed E-state index contributed by atoms with van der Waals surface area (Å²) < 4.78 is 4.10. The molecule has 0 aliphatic rings. The van der Waals surface area contributed by atoms with Crippen LogP contribution in [0.25, 0.3) is 11.5 Å². The van der Waals surface area contributed by atoms with Gasteiger partial charge in [-0.3, -0.25) is 0 Å². The number of nitrogens with zero attached hydrogens (tertiary/aromatic N) is 3. The Labute approximate surface area is 79.1 Å². The highest BCUT2D eigenvalue weighted by Gasteiger charge is 2.04. The maximum Gasteiger partial charge on any atom is 0.191 e. The second-order valence-electron chi connectivity index (χ2n) is 2.54. The van der Waals surface area contributed by atoms with Crippen LogP contribution in [0.15, 0.2) is 18.3 Å². The van der Waals surface area contributed by atoms with Crippen LogP contribution in [0, 0.1) is 6.92 Å². The SMILES string of the molecule is Cc1nc(-c2ccc(O)cn2)ns1. The molecule has 0 aliphatic heterocycles. The molecule has 13 heavy (non-hydrogen) atoms. The molecule has 1 N–H and O–H groups in total. The van der Waals surface area contributed by atoms with Crippen molar-refractivity contribution in [2.45, 2.75) is 6.92 Å². The molecular formula is C8H7N3OS. The first-order valence-corrected chi connectivity index (χ1v) is 4.49. The summed E-state index contributed by atoms with van der Waals surface area (Å²) in [5.74, 6) is 0.762. The maximum absolute atomic E-state index is 9.01. The topological polar surface area (TPSA) is 58.9 Å². The molecule has 0 atom stereocenters. The first kappa shape index (κ1) is 8.12. The second-order valence-corrected chi connectivity index (χ2v) is 3.49. The minimum absolute atomic E-state index is 0.149. The van der Waals surface area contributed by atoms with Gasteiger partial charge in [-0.1, -0.05) is 0 Å². The van der Waals surface area contributed by atoms with Gasteiger partial charge in [0.1, 0.15) is 16.5 Å². The number of pyridine rings is 1. The van der Waals surface area contributed by atoms with Crippen molar-refractivity contribution in [3.05, 3.63) is 23.3 Å². The van der Waals surface area contributed by atoms with Crippen molar-refractivity contribution in [1.29, 1.82) is 0 Å². The maximum atomic E-state index is 9.01. The van der Waals surface area contributed by atoms with E-state index < -0.39 is 0 Å². The summed E-state index contributed by atoms with van der Waals surface area (Å²) in [6, 6.07) is 3.26. The average Bonchev–Trinajstić information content (AvgIpc) is 2.53. The molecule has 2 heterocycles. The third-order valence-electron chi connectivity index (χ3n) is 1.50. The zero-order chi connectivity index (χ0) is 9.26. The third kappa shape index (κ3) is 1.65. The van der Waals surface area contributed by atoms with Crippen molar-refractivity contribution < 1.29 is 5.11 Å². The van der Waals surface area contributed by atoms with E-state index in [0.717, 1.165) is 5.01 Å². The molecule has 0 spiro atoms. The smallest absolute Gasteiger partial charge is 0.191 e. The summed E-state index contributed by atoms with van der Waals surface area (Å²) in [6.45, 7) is 1.89. The third-order valence-corrected chi connectivity index (χ3v) is 2.12. The summed E-state index contributed by atoms with van der Waals surface area (Å²) in [5, 5.41) is 9.92. The summed E-state index contributed by atoms with van der Waals surface area (Å²) in [7, 11) is 0. The van der Waals surface area contributed by atoms with Crippen molar-refractivity contribution in [3.8, 4) is 17.3 Å². The van der Waals surface area contributed by atoms with Crippen molar-refractivity contribution in [2.75, 3.05) is 0 Å². The average molecular weight is 193 g/mol. The van der Waals surface area contributed by atoms with Crippen LogP contribution in [0.5, 0.6) is 5.75 Å². The van der Waals surface area contributed by atoms with E-state index in [2.05, 4.69) is 14.3 Å². The molecule has 4 nitrogen and oxygen atoms in total. The first-order chi connectivity index (χ1) is 6.25. The van der Waals surface area contributed by atoms with Crippen molar-refractivity contribution in [3.63, 3.8) is 0 Å². The lowest BCUT2D eigenvalue weighted by molar-refractivity contribution is 0.473. The molecule has 0 amide bonds. The molecule has 2 aromatic heterocycles. The van der Waals surface area contributed by atoms with E-state index in [0.29, 0.717) is 11.5 Å². The minimum Gasteiger partial charge on any atom is -0.506 e. The summed E-state index contributed by atoms with van der Waals surface area (Å²) in [6.07, 6.45) is 1.38. The van der Waals surface area contributed by atoms with Crippen molar-refractivity contribution in [1.82, 2.24) is 14.3 Å². The molecule has 0 fully saturated rings. The van der Waals surface area contributed by atoms with Crippen molar-refractivity contribution in [2.24, 2.45) is 0 Å². The Kier molecular flexibility index (Phi) is 1.94. The van der Waals surface area contributed by atoms with Crippen LogP contribution in [-0.4, -0.2) is 19.4 Å². The fourth-order valence-electron chi connectivity index (χ4n) is 0.922. The van der Waals surface area contributed by atoms with Gasteiger partial charge in [0.05, 0.1) is 6.20 Å². The van der Waals surface area contributed by atoms with E-state index in [1.54, 1.807) is 12.1 Å². The highest BCUT2D eigenvalue weighted by molar-refractivity contribution is 7.05. The van der Waals surface area contributed by atoms with E-state index in [1.807, 2.05) is 6.92 Å². The van der Waals surface area contributed by atoms with Gasteiger partial charge in [0.15, 0.2) is 5.82 Å². The number of hydrogen-bond donors (Lipinski definition) is 1.